The van der Waals surface area contributed by atoms with E-state index in [-0.39, 0.29) is 24.5 Å². The van der Waals surface area contributed by atoms with Crippen LogP contribution in [0.3, 0.4) is 0 Å². The van der Waals surface area contributed by atoms with Gasteiger partial charge in [-0.25, -0.2) is 0 Å². The van der Waals surface area contributed by atoms with E-state index in [9.17, 15) is 4.79 Å². The Balaban J connectivity index is 2.29. The summed E-state index contributed by atoms with van der Waals surface area (Å²) in [4.78, 5) is 11.2. The van der Waals surface area contributed by atoms with Crippen molar-refractivity contribution in [3.63, 3.8) is 0 Å². The summed E-state index contributed by atoms with van der Waals surface area (Å²) in [7, 11) is 0. The molecular formula is C8H12ClNO2. The summed E-state index contributed by atoms with van der Waals surface area (Å²) in [5.41, 5.74) is 5.57. The van der Waals surface area contributed by atoms with Crippen molar-refractivity contribution in [1.29, 1.82) is 0 Å². The van der Waals surface area contributed by atoms with Crippen LogP contribution in [0.2, 0.25) is 0 Å². The third-order valence-corrected chi connectivity index (χ3v) is 1.90. The van der Waals surface area contributed by atoms with Gasteiger partial charge in [0.05, 0.1) is 11.8 Å². The lowest BCUT2D eigenvalue weighted by Gasteiger charge is -2.07. The lowest BCUT2D eigenvalue weighted by molar-refractivity contribution is -0.146. The molecule has 0 bridgehead atoms. The van der Waals surface area contributed by atoms with Crippen LogP contribution in [0, 0.1) is 5.92 Å². The number of rotatable bonds is 3. The van der Waals surface area contributed by atoms with Crippen molar-refractivity contribution in [2.75, 3.05) is 12.5 Å². The quantitative estimate of drug-likeness (QED) is 0.404. The monoisotopic (exact) mass is 189 g/mol. The van der Waals surface area contributed by atoms with Crippen LogP contribution in [0.1, 0.15) is 6.42 Å². The third kappa shape index (κ3) is 2.50. The number of hydrogen-bond donors (Lipinski definition) is 1. The number of halogens is 1. The van der Waals surface area contributed by atoms with Crippen LogP contribution in [0.25, 0.3) is 0 Å². The first-order valence-electron chi connectivity index (χ1n) is 3.90. The molecule has 1 rings (SSSR count). The lowest BCUT2D eigenvalue weighted by Crippen LogP contribution is -2.21. The zero-order valence-corrected chi connectivity index (χ0v) is 7.46. The number of carbonyl (C=O) groups is 1. The normalized spacial score (nSPS) is 27.5. The fourth-order valence-corrected chi connectivity index (χ4v) is 1.23. The average molecular weight is 190 g/mol. The highest BCUT2D eigenvalue weighted by Gasteiger charge is 2.23. The molecule has 0 saturated heterocycles. The van der Waals surface area contributed by atoms with E-state index in [4.69, 9.17) is 22.1 Å². The Hall–Kier alpha value is -0.540. The Morgan fingerprint density at radius 3 is 2.92 bits per heavy atom. The van der Waals surface area contributed by atoms with Gasteiger partial charge in [-0.1, -0.05) is 12.2 Å². The second-order valence-corrected chi connectivity index (χ2v) is 3.13. The average Bonchev–Trinajstić information content (AvgIpc) is 2.47. The van der Waals surface area contributed by atoms with Gasteiger partial charge in [0.2, 0.25) is 0 Å². The van der Waals surface area contributed by atoms with Gasteiger partial charge < -0.3 is 10.5 Å². The zero-order valence-electron chi connectivity index (χ0n) is 6.70. The molecule has 0 amide bonds. The summed E-state index contributed by atoms with van der Waals surface area (Å²) in [5.74, 6) is -0.0446. The second-order valence-electron chi connectivity index (χ2n) is 2.75. The molecule has 1 aliphatic rings. The lowest BCUT2D eigenvalue weighted by atomic mass is 10.1. The topological polar surface area (TPSA) is 52.3 Å². The number of carbonyl (C=O) groups excluding carboxylic acids is 1. The summed E-state index contributed by atoms with van der Waals surface area (Å²) >= 11 is 5.36. The maximum Gasteiger partial charge on any atom is 0.312 e. The number of ether oxygens (including phenoxy) is 1. The Kier molecular flexibility index (Phi) is 3.56. The van der Waals surface area contributed by atoms with Crippen LogP contribution in [0.5, 0.6) is 0 Å². The highest BCUT2D eigenvalue weighted by Crippen LogP contribution is 2.17. The van der Waals surface area contributed by atoms with E-state index in [2.05, 4.69) is 0 Å². The molecule has 0 unspecified atom stereocenters. The van der Waals surface area contributed by atoms with Crippen LogP contribution >= 0.6 is 11.6 Å². The maximum atomic E-state index is 11.2. The molecule has 2 N–H and O–H groups in total. The minimum atomic E-state index is -0.222. The van der Waals surface area contributed by atoms with Crippen molar-refractivity contribution < 1.29 is 9.53 Å². The van der Waals surface area contributed by atoms with E-state index in [0.717, 1.165) is 0 Å². The predicted molar refractivity (Wildman–Crippen MR) is 46.9 cm³/mol. The van der Waals surface area contributed by atoms with Crippen molar-refractivity contribution in [3.05, 3.63) is 12.2 Å². The summed E-state index contributed by atoms with van der Waals surface area (Å²) in [6.07, 6.45) is 4.27. The van der Waals surface area contributed by atoms with Crippen molar-refractivity contribution in [2.24, 2.45) is 11.7 Å². The number of nitrogens with two attached hydrogens (primary N) is 1. The molecule has 3 nitrogen and oxygen atoms in total. The summed E-state index contributed by atoms with van der Waals surface area (Å²) < 4.78 is 4.85. The van der Waals surface area contributed by atoms with Gasteiger partial charge in [0.25, 0.3) is 0 Å². The van der Waals surface area contributed by atoms with E-state index in [1.807, 2.05) is 6.08 Å². The van der Waals surface area contributed by atoms with Crippen molar-refractivity contribution in [2.45, 2.75) is 12.5 Å². The molecule has 2 atom stereocenters. The second kappa shape index (κ2) is 4.48. The molecule has 0 saturated carbocycles. The van der Waals surface area contributed by atoms with Crippen molar-refractivity contribution in [1.82, 2.24) is 0 Å². The molecule has 0 fully saturated rings. The highest BCUT2D eigenvalue weighted by atomic mass is 35.5. The molecular weight excluding hydrogens is 178 g/mol. The van der Waals surface area contributed by atoms with Gasteiger partial charge in [0, 0.05) is 6.04 Å². The first-order chi connectivity index (χ1) is 5.74. The molecule has 0 radical (unpaired) electrons. The number of esters is 1. The molecule has 0 spiro atoms. The van der Waals surface area contributed by atoms with Crippen LogP contribution in [-0.4, -0.2) is 24.5 Å². The fraction of sp³-hybridized carbons (Fsp3) is 0.625. The molecule has 68 valence electrons. The maximum absolute atomic E-state index is 11.2. The van der Waals surface area contributed by atoms with E-state index < -0.39 is 0 Å². The van der Waals surface area contributed by atoms with Crippen LogP contribution in [0.4, 0.5) is 0 Å². The molecule has 0 aromatic carbocycles. The van der Waals surface area contributed by atoms with Crippen molar-refractivity contribution >= 4 is 17.6 Å². The first kappa shape index (κ1) is 9.55. The van der Waals surface area contributed by atoms with E-state index in [1.54, 1.807) is 6.08 Å². The predicted octanol–water partition coefficient (Wildman–Crippen LogP) is 0.672. The van der Waals surface area contributed by atoms with Crippen LogP contribution < -0.4 is 5.73 Å². The first-order valence-corrected chi connectivity index (χ1v) is 4.44. The van der Waals surface area contributed by atoms with Gasteiger partial charge in [-0.3, -0.25) is 4.79 Å². The van der Waals surface area contributed by atoms with E-state index in [1.165, 1.54) is 0 Å². The highest BCUT2D eigenvalue weighted by molar-refractivity contribution is 6.18. The largest absolute Gasteiger partial charge is 0.464 e. The Morgan fingerprint density at radius 1 is 1.67 bits per heavy atom. The SMILES string of the molecule is N[C@H]1C=C[C@@H](C(=O)OCCCl)C1. The summed E-state index contributed by atoms with van der Waals surface area (Å²) in [6.45, 7) is 0.278. The molecule has 0 aromatic rings. The Bertz CT molecular complexity index is 193. The molecule has 0 aliphatic heterocycles. The molecule has 4 heteroatoms. The number of alkyl halides is 1. The standard InChI is InChI=1S/C8H12ClNO2/c9-3-4-12-8(11)6-1-2-7(10)5-6/h1-2,6-7H,3-5,10H2/t6-,7+/m1/s1. The van der Waals surface area contributed by atoms with Crippen molar-refractivity contribution in [3.8, 4) is 0 Å². The van der Waals surface area contributed by atoms with Crippen LogP contribution in [0.15, 0.2) is 12.2 Å². The van der Waals surface area contributed by atoms with Gasteiger partial charge in [0.1, 0.15) is 6.61 Å². The van der Waals surface area contributed by atoms with Crippen LogP contribution in [-0.2, 0) is 9.53 Å². The fourth-order valence-electron chi connectivity index (χ4n) is 1.15. The third-order valence-electron chi connectivity index (χ3n) is 1.74. The number of hydrogen-bond acceptors (Lipinski definition) is 3. The molecule has 0 heterocycles. The van der Waals surface area contributed by atoms with Gasteiger partial charge in [-0.05, 0) is 6.42 Å². The minimum absolute atomic E-state index is 0.00134. The minimum Gasteiger partial charge on any atom is -0.464 e. The van der Waals surface area contributed by atoms with Gasteiger partial charge >= 0.3 is 5.97 Å². The van der Waals surface area contributed by atoms with Gasteiger partial charge in [0.15, 0.2) is 0 Å². The summed E-state index contributed by atoms with van der Waals surface area (Å²) in [6, 6.07) is -0.00134. The zero-order chi connectivity index (χ0) is 8.97. The Morgan fingerprint density at radius 2 is 2.42 bits per heavy atom. The molecule has 0 aromatic heterocycles. The summed E-state index contributed by atoms with van der Waals surface area (Å²) in [5, 5.41) is 0. The van der Waals surface area contributed by atoms with Gasteiger partial charge in [-0.15, -0.1) is 11.6 Å². The van der Waals surface area contributed by atoms with Gasteiger partial charge in [-0.2, -0.15) is 0 Å². The Labute approximate surface area is 76.5 Å². The smallest absolute Gasteiger partial charge is 0.312 e. The van der Waals surface area contributed by atoms with E-state index >= 15 is 0 Å². The molecule has 12 heavy (non-hydrogen) atoms. The molecule has 1 aliphatic carbocycles. The van der Waals surface area contributed by atoms with E-state index in [0.29, 0.717) is 12.3 Å².